The van der Waals surface area contributed by atoms with Crippen LogP contribution in [0.25, 0.3) is 0 Å². The van der Waals surface area contributed by atoms with Crippen molar-refractivity contribution in [2.75, 3.05) is 13.1 Å². The Labute approximate surface area is 117 Å². The Morgan fingerprint density at radius 3 is 2.56 bits per heavy atom. The molecule has 0 aromatic carbocycles. The van der Waals surface area contributed by atoms with E-state index >= 15 is 0 Å². The number of hydrogen-bond donors (Lipinski definition) is 2. The van der Waals surface area contributed by atoms with Crippen LogP contribution in [0.1, 0.15) is 32.4 Å². The minimum Gasteiger partial charge on any atom is -0.452 e. The van der Waals surface area contributed by atoms with Crippen molar-refractivity contribution in [3.05, 3.63) is 16.5 Å². The minimum absolute atomic E-state index is 0.157. The van der Waals surface area contributed by atoms with Crippen LogP contribution >= 0.6 is 15.9 Å². The van der Waals surface area contributed by atoms with Gasteiger partial charge in [-0.2, -0.15) is 0 Å². The van der Waals surface area contributed by atoms with Gasteiger partial charge in [0.05, 0.1) is 6.54 Å². The van der Waals surface area contributed by atoms with Gasteiger partial charge in [-0.25, -0.2) is 13.1 Å². The lowest BCUT2D eigenvalue weighted by Gasteiger charge is -2.02. The maximum absolute atomic E-state index is 11.9. The third-order valence-electron chi connectivity index (χ3n) is 2.26. The minimum atomic E-state index is -3.48. The van der Waals surface area contributed by atoms with Crippen molar-refractivity contribution in [2.24, 2.45) is 0 Å². The molecule has 104 valence electrons. The van der Waals surface area contributed by atoms with Crippen molar-refractivity contribution in [2.45, 2.75) is 38.1 Å². The number of nitrogens with one attached hydrogen (secondary N) is 2. The lowest BCUT2D eigenvalue weighted by Crippen LogP contribution is -2.24. The molecule has 1 rings (SSSR count). The first-order valence-corrected chi connectivity index (χ1v) is 8.27. The summed E-state index contributed by atoms with van der Waals surface area (Å²) >= 11 is 3.14. The highest BCUT2D eigenvalue weighted by atomic mass is 79.9. The normalized spacial score (nSPS) is 11.9. The maximum atomic E-state index is 11.9. The molecule has 0 spiro atoms. The third kappa shape index (κ3) is 4.38. The monoisotopic (exact) mass is 338 g/mol. The van der Waals surface area contributed by atoms with E-state index in [0.717, 1.165) is 19.4 Å². The Balaban J connectivity index is 2.77. The number of halogens is 1. The quantitative estimate of drug-likeness (QED) is 0.713. The second-order valence-electron chi connectivity index (χ2n) is 3.93. The van der Waals surface area contributed by atoms with Crippen molar-refractivity contribution >= 4 is 26.0 Å². The molecule has 0 saturated heterocycles. The summed E-state index contributed by atoms with van der Waals surface area (Å²) < 4.78 is 32.0. The Hall–Kier alpha value is -0.370. The molecular formula is C11H19BrN2O3S. The highest BCUT2D eigenvalue weighted by Gasteiger charge is 2.21. The summed E-state index contributed by atoms with van der Waals surface area (Å²) in [5, 5.41) is 3.16. The largest absolute Gasteiger partial charge is 0.452 e. The molecule has 0 fully saturated rings. The predicted octanol–water partition coefficient (Wildman–Crippen LogP) is 2.23. The lowest BCUT2D eigenvalue weighted by atomic mass is 10.4. The molecule has 1 aromatic rings. The molecule has 18 heavy (non-hydrogen) atoms. The highest BCUT2D eigenvalue weighted by Crippen LogP contribution is 2.25. The van der Waals surface area contributed by atoms with Crippen molar-refractivity contribution < 1.29 is 12.8 Å². The maximum Gasteiger partial charge on any atom is 0.244 e. The molecule has 7 heteroatoms. The fourth-order valence-electron chi connectivity index (χ4n) is 1.37. The van der Waals surface area contributed by atoms with E-state index < -0.39 is 10.0 Å². The van der Waals surface area contributed by atoms with Gasteiger partial charge in [-0.05, 0) is 35.3 Å². The summed E-state index contributed by atoms with van der Waals surface area (Å²) in [4.78, 5) is 0.157. The Morgan fingerprint density at radius 1 is 1.28 bits per heavy atom. The van der Waals surface area contributed by atoms with E-state index in [0.29, 0.717) is 18.8 Å². The summed E-state index contributed by atoms with van der Waals surface area (Å²) in [5.41, 5.74) is 0. The standard InChI is InChI=1S/C11H19BrN2O3S/c1-3-5-13-8-9-7-10(11(12)17-9)18(15,16)14-6-4-2/h7,13-14H,3-6,8H2,1-2H3. The molecule has 0 unspecified atom stereocenters. The van der Waals surface area contributed by atoms with Crippen molar-refractivity contribution in [1.82, 2.24) is 10.0 Å². The van der Waals surface area contributed by atoms with Crippen molar-refractivity contribution in [3.63, 3.8) is 0 Å². The molecule has 5 nitrogen and oxygen atoms in total. The second kappa shape index (κ2) is 7.28. The van der Waals surface area contributed by atoms with E-state index in [2.05, 4.69) is 32.9 Å². The van der Waals surface area contributed by atoms with Crippen LogP contribution in [0, 0.1) is 0 Å². The lowest BCUT2D eigenvalue weighted by molar-refractivity contribution is 0.461. The van der Waals surface area contributed by atoms with Crippen LogP contribution < -0.4 is 10.0 Å². The van der Waals surface area contributed by atoms with Crippen molar-refractivity contribution in [1.29, 1.82) is 0 Å². The van der Waals surface area contributed by atoms with E-state index in [-0.39, 0.29) is 9.56 Å². The van der Waals surface area contributed by atoms with Gasteiger partial charge in [-0.15, -0.1) is 0 Å². The second-order valence-corrected chi connectivity index (χ2v) is 6.38. The molecule has 0 bridgehead atoms. The summed E-state index contributed by atoms with van der Waals surface area (Å²) in [6.07, 6.45) is 1.77. The Morgan fingerprint density at radius 2 is 1.94 bits per heavy atom. The summed E-state index contributed by atoms with van der Waals surface area (Å²) in [6, 6.07) is 1.55. The van der Waals surface area contributed by atoms with Crippen LogP contribution in [-0.4, -0.2) is 21.5 Å². The first kappa shape index (κ1) is 15.7. The van der Waals surface area contributed by atoms with Crippen LogP contribution in [-0.2, 0) is 16.6 Å². The van der Waals surface area contributed by atoms with Gasteiger partial charge in [0.25, 0.3) is 0 Å². The van der Waals surface area contributed by atoms with Gasteiger partial charge < -0.3 is 9.73 Å². The summed E-state index contributed by atoms with van der Waals surface area (Å²) in [7, 11) is -3.48. The summed E-state index contributed by atoms with van der Waals surface area (Å²) in [6.45, 7) is 5.79. The smallest absolute Gasteiger partial charge is 0.244 e. The van der Waals surface area contributed by atoms with Gasteiger partial charge in [0, 0.05) is 12.6 Å². The zero-order valence-corrected chi connectivity index (χ0v) is 13.0. The zero-order valence-electron chi connectivity index (χ0n) is 10.6. The summed E-state index contributed by atoms with van der Waals surface area (Å²) in [5.74, 6) is 0.604. The van der Waals surface area contributed by atoms with E-state index in [1.54, 1.807) is 6.07 Å². The van der Waals surface area contributed by atoms with Crippen molar-refractivity contribution in [3.8, 4) is 0 Å². The molecule has 0 atom stereocenters. The Kier molecular flexibility index (Phi) is 6.34. The van der Waals surface area contributed by atoms with Crippen LogP contribution in [0.15, 0.2) is 20.0 Å². The SMILES string of the molecule is CCCNCc1cc(S(=O)(=O)NCCC)c(Br)o1. The van der Waals surface area contributed by atoms with E-state index in [1.807, 2.05) is 6.92 Å². The van der Waals surface area contributed by atoms with Crippen LogP contribution in [0.2, 0.25) is 0 Å². The van der Waals surface area contributed by atoms with E-state index in [1.165, 1.54) is 0 Å². The van der Waals surface area contributed by atoms with Gasteiger partial charge in [-0.3, -0.25) is 0 Å². The van der Waals surface area contributed by atoms with Gasteiger partial charge in [0.1, 0.15) is 10.7 Å². The van der Waals surface area contributed by atoms with Gasteiger partial charge in [0.15, 0.2) is 4.67 Å². The van der Waals surface area contributed by atoms with Gasteiger partial charge in [-0.1, -0.05) is 13.8 Å². The first-order chi connectivity index (χ1) is 8.51. The molecule has 1 heterocycles. The molecular weight excluding hydrogens is 320 g/mol. The Bertz CT molecular complexity index is 471. The van der Waals surface area contributed by atoms with Crippen LogP contribution in [0.3, 0.4) is 0 Å². The average Bonchev–Trinajstić information content (AvgIpc) is 2.69. The van der Waals surface area contributed by atoms with Gasteiger partial charge in [0.2, 0.25) is 10.0 Å². The number of rotatable bonds is 8. The van der Waals surface area contributed by atoms with Crippen LogP contribution in [0.5, 0.6) is 0 Å². The fourth-order valence-corrected chi connectivity index (χ4v) is 3.50. The highest BCUT2D eigenvalue weighted by molar-refractivity contribution is 9.10. The molecule has 0 aliphatic heterocycles. The van der Waals surface area contributed by atoms with Gasteiger partial charge >= 0.3 is 0 Å². The third-order valence-corrected chi connectivity index (χ3v) is 4.58. The van der Waals surface area contributed by atoms with E-state index in [4.69, 9.17) is 4.42 Å². The molecule has 2 N–H and O–H groups in total. The van der Waals surface area contributed by atoms with Crippen LogP contribution in [0.4, 0.5) is 0 Å². The zero-order chi connectivity index (χ0) is 13.6. The van der Waals surface area contributed by atoms with E-state index in [9.17, 15) is 8.42 Å². The number of furan rings is 1. The topological polar surface area (TPSA) is 71.3 Å². The molecule has 0 amide bonds. The first-order valence-electron chi connectivity index (χ1n) is 5.99. The molecule has 0 radical (unpaired) electrons. The molecule has 0 aliphatic rings. The average molecular weight is 339 g/mol. The number of hydrogen-bond acceptors (Lipinski definition) is 4. The predicted molar refractivity (Wildman–Crippen MR) is 73.9 cm³/mol. The molecule has 1 aromatic heterocycles. The molecule has 0 saturated carbocycles. The fraction of sp³-hybridized carbons (Fsp3) is 0.636. The number of sulfonamides is 1. The molecule has 0 aliphatic carbocycles.